The first kappa shape index (κ1) is 62.5. The molecule has 0 heterocycles. The second kappa shape index (κ2) is 54.2. The molecule has 0 aromatic heterocycles. The van der Waals surface area contributed by atoms with Crippen molar-refractivity contribution >= 4 is 17.9 Å². The lowest BCUT2D eigenvalue weighted by atomic mass is 10.0. The highest BCUT2D eigenvalue weighted by molar-refractivity contribution is 5.71. The van der Waals surface area contributed by atoms with E-state index in [1.54, 1.807) is 0 Å². The van der Waals surface area contributed by atoms with Gasteiger partial charge in [0.05, 0.1) is 0 Å². The molecule has 0 aliphatic rings. The van der Waals surface area contributed by atoms with Gasteiger partial charge >= 0.3 is 17.9 Å². The number of allylic oxidation sites excluding steroid dienone is 22. The highest BCUT2D eigenvalue weighted by atomic mass is 16.6. The Balaban J connectivity index is 4.56. The molecule has 6 heteroatoms. The predicted molar refractivity (Wildman–Crippen MR) is 288 cm³/mol. The van der Waals surface area contributed by atoms with Gasteiger partial charge in [0, 0.05) is 19.3 Å². The Labute approximate surface area is 411 Å². The van der Waals surface area contributed by atoms with Crippen LogP contribution >= 0.6 is 0 Å². The van der Waals surface area contributed by atoms with Crippen molar-refractivity contribution in [3.8, 4) is 0 Å². The molecule has 0 rings (SSSR count). The second-order valence-corrected chi connectivity index (χ2v) is 17.3. The summed E-state index contributed by atoms with van der Waals surface area (Å²) >= 11 is 0. The van der Waals surface area contributed by atoms with Crippen LogP contribution < -0.4 is 0 Å². The van der Waals surface area contributed by atoms with Gasteiger partial charge in [-0.3, -0.25) is 14.4 Å². The molecular weight excluding hydrogens is 829 g/mol. The zero-order valence-electron chi connectivity index (χ0n) is 42.9. The van der Waals surface area contributed by atoms with Gasteiger partial charge in [0.1, 0.15) is 13.2 Å². The molecule has 0 N–H and O–H groups in total. The van der Waals surface area contributed by atoms with Crippen molar-refractivity contribution in [3.63, 3.8) is 0 Å². The molecule has 0 saturated carbocycles. The minimum Gasteiger partial charge on any atom is -0.462 e. The molecule has 0 aromatic carbocycles. The van der Waals surface area contributed by atoms with E-state index in [9.17, 15) is 14.4 Å². The normalized spacial score (nSPS) is 13.2. The number of hydrogen-bond donors (Lipinski definition) is 0. The second-order valence-electron chi connectivity index (χ2n) is 17.3. The predicted octanol–water partition coefficient (Wildman–Crippen LogP) is 17.9. The standard InChI is InChI=1S/C61H96O6/c1-4-7-10-13-16-19-22-25-28-30-33-36-39-42-45-48-51-54-60(63)66-57-58(56-65-59(62)53-50-47-44-41-38-35-32-27-24-21-18-15-12-9-6-3)67-61(64)55-52-49-46-43-40-37-34-31-29-26-23-20-17-14-11-8-5-2/h7,9-10,12-13,15-16,18-19,21-22,24-25,27-28,30,32-33,35-36,38-39,58H,4-6,8,11,14,17,20,23,26,29,31,34,37,40-57H2,1-3H3/b10-7-,12-9-,16-13-,18-15-,22-19-,24-21-,28-25-,32-27-,33-30+,38-35-,39-36-. The van der Waals surface area contributed by atoms with E-state index < -0.39 is 6.10 Å². The number of carbonyl (C=O) groups excluding carboxylic acids is 3. The topological polar surface area (TPSA) is 78.9 Å². The maximum absolute atomic E-state index is 12.8. The number of hydrogen-bond acceptors (Lipinski definition) is 6. The Morgan fingerprint density at radius 3 is 0.910 bits per heavy atom. The fourth-order valence-corrected chi connectivity index (χ4v) is 6.96. The maximum atomic E-state index is 12.8. The molecule has 0 saturated heterocycles. The van der Waals surface area contributed by atoms with Crippen molar-refractivity contribution < 1.29 is 28.6 Å². The molecule has 0 bridgehead atoms. The van der Waals surface area contributed by atoms with Crippen LogP contribution in [0.2, 0.25) is 0 Å². The first-order valence-corrected chi connectivity index (χ1v) is 26.8. The molecule has 376 valence electrons. The van der Waals surface area contributed by atoms with Crippen molar-refractivity contribution in [2.45, 2.75) is 219 Å². The van der Waals surface area contributed by atoms with E-state index in [1.807, 2.05) is 109 Å². The highest BCUT2D eigenvalue weighted by Crippen LogP contribution is 2.15. The Morgan fingerprint density at radius 1 is 0.313 bits per heavy atom. The summed E-state index contributed by atoms with van der Waals surface area (Å²) in [4.78, 5) is 38.1. The van der Waals surface area contributed by atoms with Crippen LogP contribution in [0, 0.1) is 0 Å². The number of rotatable bonds is 46. The zero-order valence-corrected chi connectivity index (χ0v) is 42.9. The highest BCUT2D eigenvalue weighted by Gasteiger charge is 2.19. The van der Waals surface area contributed by atoms with Gasteiger partial charge in [0.2, 0.25) is 0 Å². The molecule has 0 fully saturated rings. The van der Waals surface area contributed by atoms with Crippen LogP contribution in [0.25, 0.3) is 0 Å². The largest absolute Gasteiger partial charge is 0.462 e. The third-order valence-corrected chi connectivity index (χ3v) is 10.9. The molecular formula is C61H96O6. The summed E-state index contributed by atoms with van der Waals surface area (Å²) in [6, 6.07) is 0. The summed E-state index contributed by atoms with van der Waals surface area (Å²) in [6.07, 6.45) is 75.7. The molecule has 0 radical (unpaired) electrons. The van der Waals surface area contributed by atoms with E-state index in [0.717, 1.165) is 83.5 Å². The number of unbranched alkanes of at least 4 members (excludes halogenated alkanes) is 22. The fourth-order valence-electron chi connectivity index (χ4n) is 6.96. The fraction of sp³-hybridized carbons (Fsp3) is 0.590. The molecule has 6 nitrogen and oxygen atoms in total. The summed E-state index contributed by atoms with van der Waals surface area (Å²) in [6.45, 7) is 6.27. The van der Waals surface area contributed by atoms with E-state index in [-0.39, 0.29) is 31.1 Å². The summed E-state index contributed by atoms with van der Waals surface area (Å²) in [5.74, 6) is -1.00. The van der Waals surface area contributed by atoms with Gasteiger partial charge in [-0.2, -0.15) is 0 Å². The van der Waals surface area contributed by atoms with Crippen molar-refractivity contribution in [1.29, 1.82) is 0 Å². The minimum atomic E-state index is -0.818. The Morgan fingerprint density at radius 2 is 0.582 bits per heavy atom. The van der Waals surface area contributed by atoms with Crippen molar-refractivity contribution in [1.82, 2.24) is 0 Å². The Bertz CT molecular complexity index is 1480. The first-order valence-electron chi connectivity index (χ1n) is 26.8. The molecule has 1 atom stereocenters. The van der Waals surface area contributed by atoms with Crippen LogP contribution in [0.1, 0.15) is 213 Å². The smallest absolute Gasteiger partial charge is 0.306 e. The van der Waals surface area contributed by atoms with Crippen LogP contribution in [0.4, 0.5) is 0 Å². The Kier molecular flexibility index (Phi) is 50.6. The third-order valence-electron chi connectivity index (χ3n) is 10.9. The van der Waals surface area contributed by atoms with Gasteiger partial charge in [-0.05, 0) is 57.8 Å². The van der Waals surface area contributed by atoms with Gasteiger partial charge in [-0.25, -0.2) is 0 Å². The van der Waals surface area contributed by atoms with Gasteiger partial charge in [0.25, 0.3) is 0 Å². The average molecular weight is 925 g/mol. The van der Waals surface area contributed by atoms with E-state index >= 15 is 0 Å². The molecule has 67 heavy (non-hydrogen) atoms. The summed E-state index contributed by atoms with van der Waals surface area (Å²) in [5.41, 5.74) is 0. The van der Waals surface area contributed by atoms with Crippen molar-refractivity contribution in [2.75, 3.05) is 13.2 Å². The zero-order chi connectivity index (χ0) is 48.6. The summed E-state index contributed by atoms with van der Waals surface area (Å²) in [5, 5.41) is 0. The lowest BCUT2D eigenvalue weighted by Gasteiger charge is -2.18. The van der Waals surface area contributed by atoms with Crippen LogP contribution in [-0.4, -0.2) is 37.2 Å². The van der Waals surface area contributed by atoms with Crippen molar-refractivity contribution in [3.05, 3.63) is 134 Å². The molecule has 0 amide bonds. The number of carbonyl (C=O) groups is 3. The molecule has 1 unspecified atom stereocenters. The quantitative estimate of drug-likeness (QED) is 0.0262. The third kappa shape index (κ3) is 52.4. The maximum Gasteiger partial charge on any atom is 0.306 e. The van der Waals surface area contributed by atoms with Gasteiger partial charge in [-0.15, -0.1) is 0 Å². The van der Waals surface area contributed by atoms with Crippen molar-refractivity contribution in [2.24, 2.45) is 0 Å². The van der Waals surface area contributed by atoms with Crippen LogP contribution in [0.3, 0.4) is 0 Å². The van der Waals surface area contributed by atoms with Gasteiger partial charge in [-0.1, -0.05) is 270 Å². The lowest BCUT2D eigenvalue weighted by Crippen LogP contribution is -2.30. The first-order chi connectivity index (χ1) is 33.0. The molecule has 0 spiro atoms. The van der Waals surface area contributed by atoms with E-state index in [4.69, 9.17) is 14.2 Å². The van der Waals surface area contributed by atoms with E-state index in [0.29, 0.717) is 19.3 Å². The summed E-state index contributed by atoms with van der Waals surface area (Å²) < 4.78 is 16.8. The average Bonchev–Trinajstić information content (AvgIpc) is 3.33. The SMILES string of the molecule is CC\C=C/C=C\C=C/C=C\C=C/CCCCCC(=O)OCC(COC(=O)CCCCC\C=C/C=C/C=C\C=C/C=C\C=C/CC)OC(=O)CCCCCCCCCCCCCCCCCCC. The van der Waals surface area contributed by atoms with Crippen LogP contribution in [0.15, 0.2) is 134 Å². The monoisotopic (exact) mass is 925 g/mol. The number of ether oxygens (including phenoxy) is 3. The van der Waals surface area contributed by atoms with Gasteiger partial charge < -0.3 is 14.2 Å². The van der Waals surface area contributed by atoms with E-state index in [1.165, 1.54) is 89.9 Å². The van der Waals surface area contributed by atoms with Crippen LogP contribution in [-0.2, 0) is 28.6 Å². The lowest BCUT2D eigenvalue weighted by molar-refractivity contribution is -0.167. The Hall–Kier alpha value is -4.45. The molecule has 0 aromatic rings. The number of esters is 3. The minimum absolute atomic E-state index is 0.118. The molecule has 0 aliphatic heterocycles. The summed E-state index contributed by atoms with van der Waals surface area (Å²) in [7, 11) is 0. The van der Waals surface area contributed by atoms with E-state index in [2.05, 4.69) is 45.1 Å². The molecule has 0 aliphatic carbocycles. The van der Waals surface area contributed by atoms with Gasteiger partial charge in [0.15, 0.2) is 6.10 Å². The van der Waals surface area contributed by atoms with Crippen LogP contribution in [0.5, 0.6) is 0 Å².